The van der Waals surface area contributed by atoms with Gasteiger partial charge in [-0.05, 0) is 77.4 Å². The first kappa shape index (κ1) is 34.6. The molecular weight excluding hydrogens is 701 g/mol. The second-order valence-corrected chi connectivity index (χ2v) is 14.8. The number of aromatic hydroxyl groups is 1. The molecule has 0 aliphatic heterocycles. The van der Waals surface area contributed by atoms with Crippen molar-refractivity contribution in [3.63, 3.8) is 0 Å². The first-order chi connectivity index (χ1) is 28.2. The van der Waals surface area contributed by atoms with Crippen LogP contribution in [0.4, 0.5) is 0 Å². The molecule has 0 saturated carbocycles. The number of para-hydroxylation sites is 3. The summed E-state index contributed by atoms with van der Waals surface area (Å²) in [4.78, 5) is 0. The topological polar surface area (TPSA) is 43.2 Å². The molecule has 10 heteroatoms. The molecule has 0 bridgehead atoms. The lowest BCUT2D eigenvalue weighted by atomic mass is 9.65. The van der Waals surface area contributed by atoms with Crippen LogP contribution in [0.1, 0.15) is 0 Å². The number of hydrogen-bond acceptors (Lipinski definition) is 2. The van der Waals surface area contributed by atoms with Gasteiger partial charge in [-0.3, -0.25) is 0 Å². The highest BCUT2D eigenvalue weighted by atomic mass is 16.3. The average molecular weight is 726 g/mol. The molecule has 11 rings (SSSR count). The molecule has 0 aliphatic rings. The van der Waals surface area contributed by atoms with E-state index < -0.39 is 0 Å². The molecular formula is C48H24B6N2O2. The van der Waals surface area contributed by atoms with Gasteiger partial charge in [0.15, 0.2) is 0 Å². The van der Waals surface area contributed by atoms with Crippen LogP contribution in [0.15, 0.2) is 144 Å². The third-order valence-electron chi connectivity index (χ3n) is 11.7. The van der Waals surface area contributed by atoms with E-state index in [1.165, 1.54) is 16.3 Å². The first-order valence-corrected chi connectivity index (χ1v) is 18.8. The molecule has 4 nitrogen and oxygen atoms in total. The molecule has 256 valence electrons. The maximum Gasteiger partial charge on any atom is 0.128 e. The lowest BCUT2D eigenvalue weighted by molar-refractivity contribution is 0.482. The van der Waals surface area contributed by atoms with Gasteiger partial charge in [0.1, 0.15) is 64.0 Å². The quantitative estimate of drug-likeness (QED) is 0.241. The summed E-state index contributed by atoms with van der Waals surface area (Å²) in [6, 6.07) is 48.8. The Hall–Kier alpha value is -6.65. The van der Waals surface area contributed by atoms with Gasteiger partial charge in [0.2, 0.25) is 0 Å². The van der Waals surface area contributed by atoms with Crippen LogP contribution in [-0.2, 0) is 0 Å². The molecule has 58 heavy (non-hydrogen) atoms. The molecule has 3 heterocycles. The molecule has 0 saturated heterocycles. The number of fused-ring (bicyclic) bond motifs is 9. The van der Waals surface area contributed by atoms with Gasteiger partial charge in [0, 0.05) is 49.3 Å². The summed E-state index contributed by atoms with van der Waals surface area (Å²) in [6.07, 6.45) is 0. The number of aromatic nitrogens is 2. The van der Waals surface area contributed by atoms with Crippen molar-refractivity contribution in [3.8, 4) is 39.4 Å². The van der Waals surface area contributed by atoms with Crippen molar-refractivity contribution in [1.29, 1.82) is 0 Å². The number of furan rings is 1. The highest BCUT2D eigenvalue weighted by Gasteiger charge is 2.24. The molecule has 3 aromatic heterocycles. The highest BCUT2D eigenvalue weighted by molar-refractivity contribution is 6.67. The van der Waals surface area contributed by atoms with Crippen molar-refractivity contribution in [2.24, 2.45) is 0 Å². The zero-order valence-electron chi connectivity index (χ0n) is 31.0. The molecule has 8 aromatic carbocycles. The minimum atomic E-state index is -0.207. The van der Waals surface area contributed by atoms with Crippen molar-refractivity contribution in [1.82, 2.24) is 9.13 Å². The fourth-order valence-electron chi connectivity index (χ4n) is 8.85. The Bertz CT molecular complexity index is 3530. The van der Waals surface area contributed by atoms with Gasteiger partial charge >= 0.3 is 0 Å². The Morgan fingerprint density at radius 3 is 1.41 bits per heavy atom. The largest absolute Gasteiger partial charge is 0.508 e. The summed E-state index contributed by atoms with van der Waals surface area (Å²) >= 11 is 0. The zero-order valence-corrected chi connectivity index (χ0v) is 31.0. The van der Waals surface area contributed by atoms with E-state index in [1.807, 2.05) is 36.4 Å². The lowest BCUT2D eigenvalue weighted by Crippen LogP contribution is -2.47. The average Bonchev–Trinajstić information content (AvgIpc) is 3.93. The van der Waals surface area contributed by atoms with E-state index in [0.717, 1.165) is 49.8 Å². The number of rotatable bonds is 4. The summed E-state index contributed by atoms with van der Waals surface area (Å²) in [5, 5.41) is 17.0. The van der Waals surface area contributed by atoms with Crippen molar-refractivity contribution >= 4 is 145 Å². The van der Waals surface area contributed by atoms with Crippen LogP contribution in [0.25, 0.3) is 99.2 Å². The smallest absolute Gasteiger partial charge is 0.128 e. The summed E-state index contributed by atoms with van der Waals surface area (Å²) in [5.74, 6) is -0.207. The summed E-state index contributed by atoms with van der Waals surface area (Å²) in [5.41, 5.74) is 10.8. The maximum atomic E-state index is 11.5. The SMILES string of the molecule is [B]c1c([B])c([B])c2c(oc3c([B])c([B])c(O)c(-c4ccc(-n5c6ccccc6c6cc(-c7ccc8c(c7)c7ccccc7n8-c7ccccc7)ccc65)cc4)c32)c1[B]. The van der Waals surface area contributed by atoms with Gasteiger partial charge in [-0.2, -0.15) is 0 Å². The molecule has 0 spiro atoms. The second kappa shape index (κ2) is 12.7. The number of phenolic OH excluding ortho intramolecular Hbond substituents is 1. The predicted octanol–water partition coefficient (Wildman–Crippen LogP) is 5.58. The van der Waals surface area contributed by atoms with Crippen molar-refractivity contribution in [2.75, 3.05) is 0 Å². The van der Waals surface area contributed by atoms with E-state index in [4.69, 9.17) is 51.5 Å². The standard InChI is InChI=1S/C48H24B6N2O2/c49-40-39-38-37(46(57)43(52)45(54)47(38)58-48(39)44(53)42(51)41(40)50)24-14-18-28(19-15-24)56-34-13-7-5-11-30(34)32-23-26(17-21-36(32)56)25-16-20-35-31(22-25)29-10-4-6-12-33(29)55(35)27-8-2-1-3-9-27/h1-23,57H. The molecule has 0 aliphatic carbocycles. The summed E-state index contributed by atoms with van der Waals surface area (Å²) < 4.78 is 10.7. The van der Waals surface area contributed by atoms with Gasteiger partial charge in [-0.1, -0.05) is 101 Å². The number of nitrogens with zero attached hydrogens (tertiary/aromatic N) is 2. The van der Waals surface area contributed by atoms with E-state index in [2.05, 4.69) is 112 Å². The van der Waals surface area contributed by atoms with Gasteiger partial charge in [-0.15, -0.1) is 10.9 Å². The Morgan fingerprint density at radius 1 is 0.379 bits per heavy atom. The number of benzene rings is 8. The molecule has 1 N–H and O–H groups in total. The van der Waals surface area contributed by atoms with Crippen LogP contribution in [0, 0.1) is 0 Å². The second-order valence-electron chi connectivity index (χ2n) is 14.8. The normalized spacial score (nSPS) is 11.9. The first-order valence-electron chi connectivity index (χ1n) is 18.8. The van der Waals surface area contributed by atoms with Crippen LogP contribution in [0.2, 0.25) is 0 Å². The minimum Gasteiger partial charge on any atom is -0.508 e. The number of hydrogen-bond donors (Lipinski definition) is 1. The minimum absolute atomic E-state index is 0.0250. The predicted molar refractivity (Wildman–Crippen MR) is 247 cm³/mol. The molecule has 0 atom stereocenters. The van der Waals surface area contributed by atoms with E-state index in [0.29, 0.717) is 21.9 Å². The Labute approximate surface area is 341 Å². The number of phenols is 1. The third kappa shape index (κ3) is 4.78. The Kier molecular flexibility index (Phi) is 7.56. The van der Waals surface area contributed by atoms with Gasteiger partial charge < -0.3 is 18.7 Å². The third-order valence-corrected chi connectivity index (χ3v) is 11.7. The van der Waals surface area contributed by atoms with Crippen molar-refractivity contribution in [3.05, 3.63) is 140 Å². The van der Waals surface area contributed by atoms with Crippen LogP contribution < -0.4 is 32.8 Å². The molecule has 11 aromatic rings. The summed E-state index contributed by atoms with van der Waals surface area (Å²) in [6.45, 7) is 0. The zero-order chi connectivity index (χ0) is 39.6. The van der Waals surface area contributed by atoms with Gasteiger partial charge in [0.25, 0.3) is 0 Å². The summed E-state index contributed by atoms with van der Waals surface area (Å²) in [7, 11) is 38.0. The van der Waals surface area contributed by atoms with E-state index >= 15 is 0 Å². The van der Waals surface area contributed by atoms with Crippen LogP contribution in [0.5, 0.6) is 5.75 Å². The lowest BCUT2D eigenvalue weighted by Gasteiger charge is -2.16. The van der Waals surface area contributed by atoms with E-state index in [1.54, 1.807) is 0 Å². The molecule has 12 radical (unpaired) electrons. The van der Waals surface area contributed by atoms with Crippen molar-refractivity contribution < 1.29 is 9.52 Å². The van der Waals surface area contributed by atoms with E-state index in [-0.39, 0.29) is 49.7 Å². The Morgan fingerprint density at radius 2 is 0.828 bits per heavy atom. The van der Waals surface area contributed by atoms with Crippen LogP contribution in [-0.4, -0.2) is 61.3 Å². The molecule has 0 fully saturated rings. The van der Waals surface area contributed by atoms with Crippen LogP contribution in [0.3, 0.4) is 0 Å². The highest BCUT2D eigenvalue weighted by Crippen LogP contribution is 2.41. The fraction of sp³-hybridized carbons (Fsp3) is 0. The fourth-order valence-corrected chi connectivity index (χ4v) is 8.85. The monoisotopic (exact) mass is 726 g/mol. The van der Waals surface area contributed by atoms with E-state index in [9.17, 15) is 5.11 Å². The maximum absolute atomic E-state index is 11.5. The van der Waals surface area contributed by atoms with Crippen LogP contribution >= 0.6 is 0 Å². The molecule has 0 unspecified atom stereocenters. The Balaban J connectivity index is 1.06. The van der Waals surface area contributed by atoms with Gasteiger partial charge in [-0.25, -0.2) is 0 Å². The van der Waals surface area contributed by atoms with Gasteiger partial charge in [0.05, 0.1) is 22.1 Å². The van der Waals surface area contributed by atoms with Crippen molar-refractivity contribution in [2.45, 2.75) is 0 Å². The molecule has 0 amide bonds.